The molecule has 2 aromatic rings. The Kier molecular flexibility index (Phi) is 4.00. The third-order valence-corrected chi connectivity index (χ3v) is 4.16. The first-order valence-electron chi connectivity index (χ1n) is 7.28. The van der Waals surface area contributed by atoms with Crippen molar-refractivity contribution >= 4 is 17.1 Å². The quantitative estimate of drug-likeness (QED) is 0.510. The molecular weight excluding hydrogens is 310 g/mol. The molecule has 2 heterocycles. The molecule has 1 amide bonds. The Labute approximate surface area is 130 Å². The maximum atomic E-state index is 13.6. The number of amides is 1. The van der Waals surface area contributed by atoms with Gasteiger partial charge in [-0.1, -0.05) is 4.65 Å². The largest absolute Gasteiger partial charge is 0.546 e. The first kappa shape index (κ1) is 15.8. The summed E-state index contributed by atoms with van der Waals surface area (Å²) in [6.45, 7) is 0.554. The summed E-state index contributed by atoms with van der Waals surface area (Å²) < 4.78 is 25.8. The first-order chi connectivity index (χ1) is 10.9. The Balaban J connectivity index is 1.61. The molecular formula is C14H17F2N4O3+. The van der Waals surface area contributed by atoms with Gasteiger partial charge < -0.3 is 15.4 Å². The molecule has 0 unspecified atom stereocenters. The van der Waals surface area contributed by atoms with Crippen molar-refractivity contribution in [3.8, 4) is 0 Å². The third kappa shape index (κ3) is 3.16. The molecule has 23 heavy (non-hydrogen) atoms. The SMILES string of the molecule is O=C(O)[N+]1(O)CCC(NCc2nc3c(F)cc(F)cc3[nH]2)CC1. The minimum absolute atomic E-state index is 0.0301. The van der Waals surface area contributed by atoms with Gasteiger partial charge in [-0.05, 0) is 6.07 Å². The molecule has 124 valence electrons. The van der Waals surface area contributed by atoms with Crippen LogP contribution in [0.5, 0.6) is 0 Å². The third-order valence-electron chi connectivity index (χ3n) is 4.16. The summed E-state index contributed by atoms with van der Waals surface area (Å²) in [6, 6.07) is 1.99. The molecule has 4 N–H and O–H groups in total. The van der Waals surface area contributed by atoms with E-state index in [0.717, 1.165) is 6.07 Å². The fourth-order valence-corrected chi connectivity index (χ4v) is 2.81. The number of carboxylic acid groups (broad SMARTS) is 1. The standard InChI is InChI=1S/C14H16F2N4O3/c15-8-5-10(16)13-11(6-8)18-12(19-13)7-17-9-1-3-20(23,4-2-9)14(21)22/h5-6,9,17,23H,1-4,7H2,(H-,18,19,21,22)/p+1. The Morgan fingerprint density at radius 2 is 2.09 bits per heavy atom. The number of carbonyl (C=O) groups is 1. The van der Waals surface area contributed by atoms with Gasteiger partial charge in [0.15, 0.2) is 5.82 Å². The number of fused-ring (bicyclic) bond motifs is 1. The van der Waals surface area contributed by atoms with Crippen molar-refractivity contribution in [3.05, 3.63) is 29.6 Å². The lowest BCUT2D eigenvalue weighted by molar-refractivity contribution is -1.04. The molecule has 9 heteroatoms. The van der Waals surface area contributed by atoms with Gasteiger partial charge in [0.25, 0.3) is 0 Å². The molecule has 1 aromatic carbocycles. The number of hydroxylamine groups is 3. The Morgan fingerprint density at radius 3 is 2.74 bits per heavy atom. The number of aromatic nitrogens is 2. The summed E-state index contributed by atoms with van der Waals surface area (Å²) in [6.07, 6.45) is -0.267. The molecule has 1 fully saturated rings. The predicted octanol–water partition coefficient (Wildman–Crippen LogP) is 1.98. The average molecular weight is 327 g/mol. The number of likely N-dealkylation sites (tertiary alicyclic amines) is 1. The van der Waals surface area contributed by atoms with Crippen LogP contribution in [0.25, 0.3) is 11.0 Å². The van der Waals surface area contributed by atoms with Crippen LogP contribution in [0.2, 0.25) is 0 Å². The molecule has 0 bridgehead atoms. The number of halogens is 2. The van der Waals surface area contributed by atoms with Crippen molar-refractivity contribution < 1.29 is 28.5 Å². The second-order valence-electron chi connectivity index (χ2n) is 5.77. The van der Waals surface area contributed by atoms with E-state index in [2.05, 4.69) is 15.3 Å². The molecule has 1 saturated heterocycles. The number of aromatic amines is 1. The van der Waals surface area contributed by atoms with Crippen molar-refractivity contribution in [1.82, 2.24) is 15.3 Å². The fourth-order valence-electron chi connectivity index (χ4n) is 2.81. The molecule has 0 atom stereocenters. The molecule has 0 saturated carbocycles. The van der Waals surface area contributed by atoms with E-state index in [-0.39, 0.29) is 24.6 Å². The van der Waals surface area contributed by atoms with Gasteiger partial charge in [0.05, 0.1) is 12.1 Å². The minimum atomic E-state index is -1.25. The van der Waals surface area contributed by atoms with E-state index in [1.807, 2.05) is 0 Å². The van der Waals surface area contributed by atoms with Gasteiger partial charge in [0.2, 0.25) is 0 Å². The van der Waals surface area contributed by atoms with Crippen LogP contribution in [-0.4, -0.2) is 50.2 Å². The average Bonchev–Trinajstić information content (AvgIpc) is 2.90. The second kappa shape index (κ2) is 5.84. The zero-order valence-electron chi connectivity index (χ0n) is 12.2. The highest BCUT2D eigenvalue weighted by Crippen LogP contribution is 2.19. The van der Waals surface area contributed by atoms with Crippen molar-refractivity contribution in [2.75, 3.05) is 13.1 Å². The summed E-state index contributed by atoms with van der Waals surface area (Å²) in [5.41, 5.74) is 0.378. The van der Waals surface area contributed by atoms with E-state index < -0.39 is 22.4 Å². The summed E-state index contributed by atoms with van der Waals surface area (Å²) in [4.78, 5) is 17.9. The number of imidazole rings is 1. The minimum Gasteiger partial charge on any atom is -0.433 e. The van der Waals surface area contributed by atoms with Crippen LogP contribution in [-0.2, 0) is 6.54 Å². The molecule has 1 aliphatic rings. The molecule has 0 spiro atoms. The van der Waals surface area contributed by atoms with Gasteiger partial charge in [-0.2, -0.15) is 4.79 Å². The topological polar surface area (TPSA) is 98.2 Å². The van der Waals surface area contributed by atoms with E-state index in [9.17, 15) is 18.8 Å². The number of nitrogens with zero attached hydrogens (tertiary/aromatic N) is 2. The second-order valence-corrected chi connectivity index (χ2v) is 5.77. The van der Waals surface area contributed by atoms with Crippen molar-refractivity contribution in [3.63, 3.8) is 0 Å². The van der Waals surface area contributed by atoms with Crippen LogP contribution < -0.4 is 5.32 Å². The van der Waals surface area contributed by atoms with E-state index in [1.54, 1.807) is 0 Å². The van der Waals surface area contributed by atoms with Gasteiger partial charge in [0.1, 0.15) is 30.2 Å². The van der Waals surface area contributed by atoms with Crippen LogP contribution >= 0.6 is 0 Å². The van der Waals surface area contributed by atoms with E-state index in [4.69, 9.17) is 5.11 Å². The number of benzene rings is 1. The Bertz CT molecular complexity index is 741. The maximum Gasteiger partial charge on any atom is 0.546 e. The summed E-state index contributed by atoms with van der Waals surface area (Å²) in [5, 5.41) is 21.9. The number of rotatable bonds is 3. The van der Waals surface area contributed by atoms with Gasteiger partial charge in [-0.3, -0.25) is 0 Å². The highest BCUT2D eigenvalue weighted by atomic mass is 19.1. The number of H-pyrrole nitrogens is 1. The van der Waals surface area contributed by atoms with Gasteiger partial charge in [0, 0.05) is 24.9 Å². The number of hydrogen-bond acceptors (Lipinski definition) is 4. The Morgan fingerprint density at radius 1 is 1.39 bits per heavy atom. The Hall–Kier alpha value is -2.10. The molecule has 1 aromatic heterocycles. The molecule has 0 radical (unpaired) electrons. The van der Waals surface area contributed by atoms with Gasteiger partial charge in [-0.25, -0.2) is 19.0 Å². The van der Waals surface area contributed by atoms with Crippen LogP contribution in [0.3, 0.4) is 0 Å². The van der Waals surface area contributed by atoms with E-state index >= 15 is 0 Å². The number of quaternary nitrogens is 1. The zero-order chi connectivity index (χ0) is 16.6. The summed E-state index contributed by atoms with van der Waals surface area (Å²) in [7, 11) is 0. The maximum absolute atomic E-state index is 13.6. The molecule has 1 aliphatic heterocycles. The van der Waals surface area contributed by atoms with E-state index in [0.29, 0.717) is 30.7 Å². The zero-order valence-corrected chi connectivity index (χ0v) is 12.2. The van der Waals surface area contributed by atoms with Crippen molar-refractivity contribution in [2.45, 2.75) is 25.4 Å². The monoisotopic (exact) mass is 327 g/mol. The number of piperidine rings is 1. The number of nitrogens with one attached hydrogen (secondary N) is 2. The summed E-state index contributed by atoms with van der Waals surface area (Å²) >= 11 is 0. The molecule has 7 nitrogen and oxygen atoms in total. The van der Waals surface area contributed by atoms with Crippen LogP contribution in [0.15, 0.2) is 12.1 Å². The lowest BCUT2D eigenvalue weighted by atomic mass is 10.1. The van der Waals surface area contributed by atoms with Crippen LogP contribution in [0.1, 0.15) is 18.7 Å². The van der Waals surface area contributed by atoms with Crippen molar-refractivity contribution in [2.24, 2.45) is 0 Å². The highest BCUT2D eigenvalue weighted by Gasteiger charge is 2.40. The predicted molar refractivity (Wildman–Crippen MR) is 75.7 cm³/mol. The lowest BCUT2D eigenvalue weighted by Gasteiger charge is -2.32. The first-order valence-corrected chi connectivity index (χ1v) is 7.28. The smallest absolute Gasteiger partial charge is 0.433 e. The fraction of sp³-hybridized carbons (Fsp3) is 0.429. The van der Waals surface area contributed by atoms with E-state index in [1.165, 1.54) is 6.07 Å². The lowest BCUT2D eigenvalue weighted by Crippen LogP contribution is -2.56. The van der Waals surface area contributed by atoms with Crippen LogP contribution in [0.4, 0.5) is 13.6 Å². The molecule has 0 aliphatic carbocycles. The highest BCUT2D eigenvalue weighted by molar-refractivity contribution is 5.75. The van der Waals surface area contributed by atoms with Gasteiger partial charge in [-0.15, -0.1) is 0 Å². The normalized spacial score (nSPS) is 24.9. The van der Waals surface area contributed by atoms with Crippen LogP contribution in [0, 0.1) is 11.6 Å². The molecule has 3 rings (SSSR count). The van der Waals surface area contributed by atoms with Gasteiger partial charge >= 0.3 is 6.09 Å². The summed E-state index contributed by atoms with van der Waals surface area (Å²) in [5.74, 6) is -0.918. The van der Waals surface area contributed by atoms with Crippen molar-refractivity contribution in [1.29, 1.82) is 0 Å². The number of hydrogen-bond donors (Lipinski definition) is 4.